The maximum atomic E-state index is 11.5. The molecule has 3 unspecified atom stereocenters. The monoisotopic (exact) mass is 276 g/mol. The second kappa shape index (κ2) is 6.29. The first-order valence-electron chi connectivity index (χ1n) is 7.47. The zero-order chi connectivity index (χ0) is 14.7. The fourth-order valence-electron chi connectivity index (χ4n) is 3.17. The minimum atomic E-state index is -0.679. The average Bonchev–Trinajstić information content (AvgIpc) is 2.38. The molecule has 1 aromatic rings. The van der Waals surface area contributed by atoms with E-state index in [2.05, 4.69) is 6.92 Å². The number of benzene rings is 1. The third-order valence-electron chi connectivity index (χ3n) is 4.11. The molecule has 20 heavy (non-hydrogen) atoms. The highest BCUT2D eigenvalue weighted by atomic mass is 16.5. The number of aliphatic carboxylic acids is 1. The Bertz CT molecular complexity index is 467. The molecule has 0 aliphatic heterocycles. The van der Waals surface area contributed by atoms with Crippen molar-refractivity contribution in [3.63, 3.8) is 0 Å². The lowest BCUT2D eigenvalue weighted by Gasteiger charge is -2.33. The first-order valence-corrected chi connectivity index (χ1v) is 7.47. The summed E-state index contributed by atoms with van der Waals surface area (Å²) in [4.78, 5) is 11.5. The van der Waals surface area contributed by atoms with Crippen LogP contribution in [-0.4, -0.2) is 17.2 Å². The largest absolute Gasteiger partial charge is 0.491 e. The molecule has 1 aromatic carbocycles. The number of carboxylic acids is 1. The van der Waals surface area contributed by atoms with Crippen molar-refractivity contribution in [2.24, 2.45) is 11.8 Å². The topological polar surface area (TPSA) is 46.5 Å². The van der Waals surface area contributed by atoms with Gasteiger partial charge in [-0.1, -0.05) is 25.1 Å². The van der Waals surface area contributed by atoms with Gasteiger partial charge in [-0.05, 0) is 50.7 Å². The van der Waals surface area contributed by atoms with Crippen LogP contribution in [0.15, 0.2) is 24.3 Å². The number of para-hydroxylation sites is 1. The zero-order valence-corrected chi connectivity index (χ0v) is 12.5. The Hall–Kier alpha value is -1.51. The number of carboxylic acid groups (broad SMARTS) is 1. The maximum absolute atomic E-state index is 11.5. The van der Waals surface area contributed by atoms with E-state index in [4.69, 9.17) is 4.74 Å². The average molecular weight is 276 g/mol. The minimum Gasteiger partial charge on any atom is -0.491 e. The van der Waals surface area contributed by atoms with E-state index in [0.717, 1.165) is 30.6 Å². The summed E-state index contributed by atoms with van der Waals surface area (Å²) in [5.74, 6) is 0.506. The van der Waals surface area contributed by atoms with E-state index in [-0.39, 0.29) is 17.9 Å². The van der Waals surface area contributed by atoms with Crippen LogP contribution in [0.2, 0.25) is 0 Å². The summed E-state index contributed by atoms with van der Waals surface area (Å²) in [6, 6.07) is 7.90. The van der Waals surface area contributed by atoms with Crippen molar-refractivity contribution in [1.82, 2.24) is 0 Å². The van der Waals surface area contributed by atoms with Crippen molar-refractivity contribution in [2.45, 2.75) is 52.1 Å². The standard InChI is InChI=1S/C17H24O3/c1-11(2)20-16-7-5-4-6-13(16)15-10-12(3)8-9-14(15)17(18)19/h4-7,11-12,14-15H,8-10H2,1-3H3,(H,18,19). The van der Waals surface area contributed by atoms with Crippen LogP contribution in [0.5, 0.6) is 5.75 Å². The Kier molecular flexibility index (Phi) is 4.69. The smallest absolute Gasteiger partial charge is 0.307 e. The van der Waals surface area contributed by atoms with E-state index < -0.39 is 5.97 Å². The predicted molar refractivity (Wildman–Crippen MR) is 79.1 cm³/mol. The SMILES string of the molecule is CC1CCC(C(=O)O)C(c2ccccc2OC(C)C)C1. The molecule has 1 fully saturated rings. The fourth-order valence-corrected chi connectivity index (χ4v) is 3.17. The number of rotatable bonds is 4. The number of hydrogen-bond acceptors (Lipinski definition) is 2. The molecule has 1 N–H and O–H groups in total. The summed E-state index contributed by atoms with van der Waals surface area (Å²) < 4.78 is 5.87. The number of ether oxygens (including phenoxy) is 1. The molecule has 0 amide bonds. The van der Waals surface area contributed by atoms with Crippen LogP contribution < -0.4 is 4.74 Å². The molecule has 0 heterocycles. The van der Waals surface area contributed by atoms with Crippen molar-refractivity contribution in [3.8, 4) is 5.75 Å². The third-order valence-corrected chi connectivity index (χ3v) is 4.11. The van der Waals surface area contributed by atoms with Crippen LogP contribution in [0.3, 0.4) is 0 Å². The Balaban J connectivity index is 2.33. The van der Waals surface area contributed by atoms with Gasteiger partial charge in [0.05, 0.1) is 12.0 Å². The summed E-state index contributed by atoms with van der Waals surface area (Å²) >= 11 is 0. The molecule has 3 nitrogen and oxygen atoms in total. The van der Waals surface area contributed by atoms with Gasteiger partial charge in [0.15, 0.2) is 0 Å². The van der Waals surface area contributed by atoms with E-state index in [1.807, 2.05) is 38.1 Å². The van der Waals surface area contributed by atoms with Crippen molar-refractivity contribution < 1.29 is 14.6 Å². The van der Waals surface area contributed by atoms with Gasteiger partial charge in [-0.2, -0.15) is 0 Å². The minimum absolute atomic E-state index is 0.0613. The van der Waals surface area contributed by atoms with Crippen LogP contribution in [0.1, 0.15) is 51.5 Å². The quantitative estimate of drug-likeness (QED) is 0.901. The second-order valence-corrected chi connectivity index (χ2v) is 6.17. The summed E-state index contributed by atoms with van der Waals surface area (Å²) in [6.07, 6.45) is 2.79. The fraction of sp³-hybridized carbons (Fsp3) is 0.588. The van der Waals surface area contributed by atoms with Gasteiger partial charge in [-0.25, -0.2) is 0 Å². The molecule has 0 spiro atoms. The molecular formula is C17H24O3. The Morgan fingerprint density at radius 2 is 2.00 bits per heavy atom. The van der Waals surface area contributed by atoms with Gasteiger partial charge >= 0.3 is 5.97 Å². The molecular weight excluding hydrogens is 252 g/mol. The highest BCUT2D eigenvalue weighted by molar-refractivity contribution is 5.72. The molecule has 2 rings (SSSR count). The van der Waals surface area contributed by atoms with Gasteiger partial charge in [0.25, 0.3) is 0 Å². The van der Waals surface area contributed by atoms with Crippen LogP contribution in [0, 0.1) is 11.8 Å². The van der Waals surface area contributed by atoms with Gasteiger partial charge in [0.2, 0.25) is 0 Å². The molecule has 3 heteroatoms. The molecule has 0 radical (unpaired) electrons. The summed E-state index contributed by atoms with van der Waals surface area (Å²) in [7, 11) is 0. The first-order chi connectivity index (χ1) is 9.49. The van der Waals surface area contributed by atoms with Crippen molar-refractivity contribution in [1.29, 1.82) is 0 Å². The molecule has 1 saturated carbocycles. The zero-order valence-electron chi connectivity index (χ0n) is 12.5. The number of hydrogen-bond donors (Lipinski definition) is 1. The van der Waals surface area contributed by atoms with E-state index in [9.17, 15) is 9.90 Å². The Morgan fingerprint density at radius 1 is 1.30 bits per heavy atom. The summed E-state index contributed by atoms with van der Waals surface area (Å²) in [5, 5.41) is 9.49. The molecule has 0 bridgehead atoms. The second-order valence-electron chi connectivity index (χ2n) is 6.17. The highest BCUT2D eigenvalue weighted by Crippen LogP contribution is 2.43. The summed E-state index contributed by atoms with van der Waals surface area (Å²) in [6.45, 7) is 6.20. The van der Waals surface area contributed by atoms with Crippen LogP contribution >= 0.6 is 0 Å². The lowest BCUT2D eigenvalue weighted by molar-refractivity contribution is -0.143. The molecule has 0 aromatic heterocycles. The Morgan fingerprint density at radius 3 is 2.65 bits per heavy atom. The normalized spacial score (nSPS) is 26.5. The summed E-state index contributed by atoms with van der Waals surface area (Å²) in [5.41, 5.74) is 1.06. The van der Waals surface area contributed by atoms with Crippen molar-refractivity contribution in [3.05, 3.63) is 29.8 Å². The van der Waals surface area contributed by atoms with Gasteiger partial charge < -0.3 is 9.84 Å². The molecule has 1 aliphatic carbocycles. The molecule has 110 valence electrons. The lowest BCUT2D eigenvalue weighted by Crippen LogP contribution is -2.29. The molecule has 3 atom stereocenters. The van der Waals surface area contributed by atoms with Gasteiger partial charge in [0.1, 0.15) is 5.75 Å². The number of carbonyl (C=O) groups is 1. The van der Waals surface area contributed by atoms with Crippen molar-refractivity contribution >= 4 is 5.97 Å². The predicted octanol–water partition coefficient (Wildman–Crippen LogP) is 4.08. The van der Waals surface area contributed by atoms with Crippen LogP contribution in [0.25, 0.3) is 0 Å². The highest BCUT2D eigenvalue weighted by Gasteiger charge is 2.35. The van der Waals surface area contributed by atoms with Gasteiger partial charge in [0, 0.05) is 5.92 Å². The maximum Gasteiger partial charge on any atom is 0.307 e. The van der Waals surface area contributed by atoms with Gasteiger partial charge in [-0.3, -0.25) is 4.79 Å². The van der Waals surface area contributed by atoms with Gasteiger partial charge in [-0.15, -0.1) is 0 Å². The van der Waals surface area contributed by atoms with E-state index in [0.29, 0.717) is 5.92 Å². The van der Waals surface area contributed by atoms with Crippen molar-refractivity contribution in [2.75, 3.05) is 0 Å². The molecule has 1 aliphatic rings. The third kappa shape index (κ3) is 3.33. The van der Waals surface area contributed by atoms with Crippen LogP contribution in [-0.2, 0) is 4.79 Å². The van der Waals surface area contributed by atoms with E-state index >= 15 is 0 Å². The van der Waals surface area contributed by atoms with E-state index in [1.54, 1.807) is 0 Å². The first kappa shape index (κ1) is 14.9. The van der Waals surface area contributed by atoms with E-state index in [1.165, 1.54) is 0 Å². The Labute approximate surface area is 121 Å². The van der Waals surface area contributed by atoms with Crippen LogP contribution in [0.4, 0.5) is 0 Å². The molecule has 0 saturated heterocycles. The lowest BCUT2D eigenvalue weighted by atomic mass is 9.71.